The minimum atomic E-state index is -4.21. The molecule has 0 N–H and O–H groups in total. The van der Waals surface area contributed by atoms with Crippen LogP contribution in [0.15, 0.2) is 0 Å². The summed E-state index contributed by atoms with van der Waals surface area (Å²) in [6, 6.07) is -0.210. The SMILES string of the molecule is CC1CCC(C=O)(CN(CC(F)(F)F)C(C)C)CC1. The number of hydrogen-bond acceptors (Lipinski definition) is 2. The molecule has 0 aromatic rings. The van der Waals surface area contributed by atoms with E-state index >= 15 is 0 Å². The summed E-state index contributed by atoms with van der Waals surface area (Å²) < 4.78 is 37.7. The Morgan fingerprint density at radius 3 is 2.21 bits per heavy atom. The molecule has 0 amide bonds. The Labute approximate surface area is 113 Å². The van der Waals surface area contributed by atoms with Gasteiger partial charge in [0.25, 0.3) is 0 Å². The first kappa shape index (κ1) is 16.5. The normalized spacial score (nSPS) is 28.9. The van der Waals surface area contributed by atoms with Crippen LogP contribution in [-0.2, 0) is 4.79 Å². The molecule has 1 rings (SSSR count). The molecule has 0 aliphatic heterocycles. The first-order chi connectivity index (χ1) is 8.67. The molecule has 0 radical (unpaired) electrons. The first-order valence-corrected chi connectivity index (χ1v) is 6.94. The number of carbonyl (C=O) groups is 1. The van der Waals surface area contributed by atoms with E-state index < -0.39 is 18.1 Å². The van der Waals surface area contributed by atoms with Gasteiger partial charge >= 0.3 is 6.18 Å². The van der Waals surface area contributed by atoms with Crippen LogP contribution in [0.1, 0.15) is 46.5 Å². The van der Waals surface area contributed by atoms with E-state index in [9.17, 15) is 18.0 Å². The number of hydrogen-bond donors (Lipinski definition) is 0. The highest BCUT2D eigenvalue weighted by molar-refractivity contribution is 5.60. The van der Waals surface area contributed by atoms with E-state index in [1.54, 1.807) is 13.8 Å². The molecule has 5 heteroatoms. The number of nitrogens with zero attached hydrogens (tertiary/aromatic N) is 1. The maximum atomic E-state index is 12.6. The maximum Gasteiger partial charge on any atom is 0.401 e. The third-order valence-corrected chi connectivity index (χ3v) is 4.15. The third kappa shape index (κ3) is 5.13. The lowest BCUT2D eigenvalue weighted by Crippen LogP contribution is -2.47. The largest absolute Gasteiger partial charge is 0.401 e. The molecule has 0 heterocycles. The predicted octanol–water partition coefficient (Wildman–Crippen LogP) is 3.65. The van der Waals surface area contributed by atoms with Gasteiger partial charge in [-0.3, -0.25) is 4.90 Å². The van der Waals surface area contributed by atoms with E-state index in [0.29, 0.717) is 18.8 Å². The summed E-state index contributed by atoms with van der Waals surface area (Å²) >= 11 is 0. The summed E-state index contributed by atoms with van der Waals surface area (Å²) in [5, 5.41) is 0. The summed E-state index contributed by atoms with van der Waals surface area (Å²) in [6.07, 6.45) is -0.0498. The molecule has 0 saturated heterocycles. The van der Waals surface area contributed by atoms with E-state index in [0.717, 1.165) is 19.1 Å². The standard InChI is InChI=1S/C14H24F3NO/c1-11(2)18(9-14(15,16)17)8-13(10-19)6-4-12(3)5-7-13/h10-12H,4-9H2,1-3H3. The van der Waals surface area contributed by atoms with Crippen molar-refractivity contribution in [2.45, 2.75) is 58.7 Å². The monoisotopic (exact) mass is 279 g/mol. The van der Waals surface area contributed by atoms with Crippen molar-refractivity contribution in [3.63, 3.8) is 0 Å². The maximum absolute atomic E-state index is 12.6. The summed E-state index contributed by atoms with van der Waals surface area (Å²) in [7, 11) is 0. The van der Waals surface area contributed by atoms with Gasteiger partial charge in [0.15, 0.2) is 0 Å². The number of aldehydes is 1. The van der Waals surface area contributed by atoms with Gasteiger partial charge in [0.2, 0.25) is 0 Å². The molecule has 0 aromatic carbocycles. The molecule has 1 aliphatic rings. The number of halogens is 3. The highest BCUT2D eigenvalue weighted by Crippen LogP contribution is 2.38. The molecular formula is C14H24F3NO. The smallest absolute Gasteiger partial charge is 0.303 e. The zero-order chi connectivity index (χ0) is 14.7. The van der Waals surface area contributed by atoms with Crippen molar-refractivity contribution >= 4 is 6.29 Å². The second-order valence-electron chi connectivity index (χ2n) is 6.28. The average molecular weight is 279 g/mol. The second kappa shape index (κ2) is 6.25. The van der Waals surface area contributed by atoms with Gasteiger partial charge in [-0.05, 0) is 45.4 Å². The second-order valence-corrected chi connectivity index (χ2v) is 6.28. The van der Waals surface area contributed by atoms with Crippen LogP contribution in [-0.4, -0.2) is 36.5 Å². The zero-order valence-corrected chi connectivity index (χ0v) is 12.0. The van der Waals surface area contributed by atoms with Crippen LogP contribution >= 0.6 is 0 Å². The van der Waals surface area contributed by atoms with Crippen LogP contribution < -0.4 is 0 Å². The van der Waals surface area contributed by atoms with Crippen molar-refractivity contribution in [3.8, 4) is 0 Å². The van der Waals surface area contributed by atoms with Crippen molar-refractivity contribution in [2.24, 2.45) is 11.3 Å². The van der Waals surface area contributed by atoms with Gasteiger partial charge in [0.05, 0.1) is 6.54 Å². The average Bonchev–Trinajstić information content (AvgIpc) is 2.30. The Hall–Kier alpha value is -0.580. The van der Waals surface area contributed by atoms with Crippen LogP contribution in [0.5, 0.6) is 0 Å². The zero-order valence-electron chi connectivity index (χ0n) is 12.0. The Balaban J connectivity index is 2.73. The lowest BCUT2D eigenvalue weighted by Gasteiger charge is -2.40. The Kier molecular flexibility index (Phi) is 5.42. The summed E-state index contributed by atoms with van der Waals surface area (Å²) in [5.41, 5.74) is -0.581. The molecule has 0 bridgehead atoms. The van der Waals surface area contributed by atoms with Crippen LogP contribution in [0.3, 0.4) is 0 Å². The van der Waals surface area contributed by atoms with E-state index in [4.69, 9.17) is 0 Å². The summed E-state index contributed by atoms with van der Waals surface area (Å²) in [6.45, 7) is 4.91. The number of alkyl halides is 3. The van der Waals surface area contributed by atoms with E-state index in [1.165, 1.54) is 4.90 Å². The highest BCUT2D eigenvalue weighted by atomic mass is 19.4. The lowest BCUT2D eigenvalue weighted by atomic mass is 9.71. The van der Waals surface area contributed by atoms with Crippen LogP contribution in [0.2, 0.25) is 0 Å². The third-order valence-electron chi connectivity index (χ3n) is 4.15. The Bertz CT molecular complexity index is 294. The summed E-state index contributed by atoms with van der Waals surface area (Å²) in [4.78, 5) is 12.8. The fourth-order valence-electron chi connectivity index (χ4n) is 2.71. The molecule has 0 atom stereocenters. The molecule has 0 spiro atoms. The van der Waals surface area contributed by atoms with Crippen LogP contribution in [0, 0.1) is 11.3 Å². The van der Waals surface area contributed by atoms with Gasteiger partial charge in [-0.25, -0.2) is 0 Å². The van der Waals surface area contributed by atoms with Gasteiger partial charge in [0, 0.05) is 18.0 Å². The molecule has 0 unspecified atom stereocenters. The van der Waals surface area contributed by atoms with Gasteiger partial charge in [-0.2, -0.15) is 13.2 Å². The Morgan fingerprint density at radius 2 is 1.84 bits per heavy atom. The predicted molar refractivity (Wildman–Crippen MR) is 68.9 cm³/mol. The highest BCUT2D eigenvalue weighted by Gasteiger charge is 2.39. The van der Waals surface area contributed by atoms with Gasteiger partial charge < -0.3 is 4.79 Å². The molecule has 19 heavy (non-hydrogen) atoms. The van der Waals surface area contributed by atoms with Crippen molar-refractivity contribution in [2.75, 3.05) is 13.1 Å². The molecule has 0 aromatic heterocycles. The molecule has 1 aliphatic carbocycles. The lowest BCUT2D eigenvalue weighted by molar-refractivity contribution is -0.155. The van der Waals surface area contributed by atoms with Crippen molar-refractivity contribution in [1.82, 2.24) is 4.90 Å². The van der Waals surface area contributed by atoms with Crippen LogP contribution in [0.4, 0.5) is 13.2 Å². The fourth-order valence-corrected chi connectivity index (χ4v) is 2.71. The summed E-state index contributed by atoms with van der Waals surface area (Å²) in [5.74, 6) is 0.572. The van der Waals surface area contributed by atoms with Crippen molar-refractivity contribution in [3.05, 3.63) is 0 Å². The Morgan fingerprint density at radius 1 is 1.32 bits per heavy atom. The quantitative estimate of drug-likeness (QED) is 0.716. The van der Waals surface area contributed by atoms with Gasteiger partial charge in [-0.1, -0.05) is 6.92 Å². The fraction of sp³-hybridized carbons (Fsp3) is 0.929. The van der Waals surface area contributed by atoms with E-state index in [-0.39, 0.29) is 12.6 Å². The van der Waals surface area contributed by atoms with Crippen molar-refractivity contribution < 1.29 is 18.0 Å². The molecule has 1 saturated carbocycles. The first-order valence-electron chi connectivity index (χ1n) is 6.94. The molecule has 2 nitrogen and oxygen atoms in total. The topological polar surface area (TPSA) is 20.3 Å². The molecular weight excluding hydrogens is 255 g/mol. The molecule has 112 valence electrons. The number of carbonyl (C=O) groups excluding carboxylic acids is 1. The van der Waals surface area contributed by atoms with Crippen LogP contribution in [0.25, 0.3) is 0 Å². The minimum absolute atomic E-state index is 0.210. The number of rotatable bonds is 5. The van der Waals surface area contributed by atoms with E-state index in [2.05, 4.69) is 6.92 Å². The van der Waals surface area contributed by atoms with E-state index in [1.807, 2.05) is 0 Å². The minimum Gasteiger partial charge on any atom is -0.303 e. The van der Waals surface area contributed by atoms with Crippen molar-refractivity contribution in [1.29, 1.82) is 0 Å². The van der Waals surface area contributed by atoms with Gasteiger partial charge in [0.1, 0.15) is 6.29 Å². The van der Waals surface area contributed by atoms with Gasteiger partial charge in [-0.15, -0.1) is 0 Å². The molecule has 1 fully saturated rings.